The highest BCUT2D eigenvalue weighted by Gasteiger charge is 2.30. The Balaban J connectivity index is 2.36. The van der Waals surface area contributed by atoms with E-state index in [0.717, 1.165) is 0 Å². The van der Waals surface area contributed by atoms with E-state index in [1.807, 2.05) is 0 Å². The van der Waals surface area contributed by atoms with Crippen molar-refractivity contribution in [2.75, 3.05) is 0 Å². The summed E-state index contributed by atoms with van der Waals surface area (Å²) in [7, 11) is 0. The molecule has 0 atom stereocenters. The van der Waals surface area contributed by atoms with Crippen molar-refractivity contribution < 1.29 is 17.6 Å². The van der Waals surface area contributed by atoms with E-state index in [1.54, 1.807) is 24.3 Å². The summed E-state index contributed by atoms with van der Waals surface area (Å²) >= 11 is 0. The van der Waals surface area contributed by atoms with Gasteiger partial charge in [0.1, 0.15) is 17.8 Å². The molecule has 0 unspecified atom stereocenters. The van der Waals surface area contributed by atoms with Crippen LogP contribution >= 0.6 is 0 Å². The molecule has 0 fully saturated rings. The van der Waals surface area contributed by atoms with E-state index in [1.165, 1.54) is 6.07 Å². The molecule has 1 nitrogen and oxygen atoms in total. The monoisotopic (exact) mass is 199 g/mol. The number of para-hydroxylation sites is 1. The molecule has 0 aliphatic heterocycles. The predicted octanol–water partition coefficient (Wildman–Crippen LogP) is 3.55. The third-order valence-electron chi connectivity index (χ3n) is 1.75. The molecule has 73 valence electrons. The van der Waals surface area contributed by atoms with Gasteiger partial charge in [0.15, 0.2) is 0 Å². The Bertz CT molecular complexity index is 409. The Morgan fingerprint density at radius 2 is 1.86 bits per heavy atom. The number of halogens is 3. The Morgan fingerprint density at radius 1 is 1.14 bits per heavy atom. The van der Waals surface area contributed by atoms with Gasteiger partial charge in [0.2, 0.25) is 0 Å². The number of rotatable bonds is 1. The van der Waals surface area contributed by atoms with Gasteiger partial charge in [-0.05, 0) is 12.1 Å². The lowest BCUT2D eigenvalue weighted by Crippen LogP contribution is -2.07. The average molecular weight is 199 g/mol. The van der Waals surface area contributed by atoms with Gasteiger partial charge in [-0.25, -0.2) is 0 Å². The summed E-state index contributed by atoms with van der Waals surface area (Å²) in [5.74, 6) is -0.168. The van der Waals surface area contributed by atoms with E-state index in [9.17, 15) is 13.2 Å². The number of hydrogen-bond acceptors (Lipinski definition) is 1. The van der Waals surface area contributed by atoms with Crippen LogP contribution in [0.4, 0.5) is 13.2 Å². The maximum absolute atomic E-state index is 12.0. The lowest BCUT2D eigenvalue weighted by Gasteiger charge is -2.00. The van der Waals surface area contributed by atoms with E-state index < -0.39 is 6.18 Å². The molecule has 1 aromatic carbocycles. The quantitative estimate of drug-likeness (QED) is 0.684. The molecule has 14 heavy (non-hydrogen) atoms. The van der Waals surface area contributed by atoms with Crippen molar-refractivity contribution in [2.24, 2.45) is 0 Å². The second-order valence-electron chi connectivity index (χ2n) is 2.87. The van der Waals surface area contributed by atoms with E-state index in [4.69, 9.17) is 4.42 Å². The smallest absolute Gasteiger partial charge is 0.399 e. The second kappa shape index (κ2) is 3.04. The first-order valence-electron chi connectivity index (χ1n) is 3.96. The topological polar surface area (TPSA) is 13.1 Å². The zero-order chi connectivity index (χ0) is 10.2. The Kier molecular flexibility index (Phi) is 1.98. The lowest BCUT2D eigenvalue weighted by atomic mass is 10.2. The van der Waals surface area contributed by atoms with Crippen LogP contribution in [0, 0.1) is 6.42 Å². The lowest BCUT2D eigenvalue weighted by molar-refractivity contribution is -0.0944. The van der Waals surface area contributed by atoms with Crippen LogP contribution in [0.25, 0.3) is 11.0 Å². The minimum atomic E-state index is -4.34. The number of fused-ring (bicyclic) bond motifs is 1. The minimum absolute atomic E-state index is 0.146. The first-order valence-corrected chi connectivity index (χ1v) is 3.96. The third-order valence-corrected chi connectivity index (χ3v) is 1.75. The van der Waals surface area contributed by atoms with Crippen LogP contribution in [0.3, 0.4) is 0 Å². The zero-order valence-electron chi connectivity index (χ0n) is 7.01. The van der Waals surface area contributed by atoms with Gasteiger partial charge in [-0.15, -0.1) is 0 Å². The fourth-order valence-corrected chi connectivity index (χ4v) is 1.23. The SMILES string of the molecule is FC(F)(F)[CH]c1cc2ccccc2o1. The molecule has 2 aromatic rings. The Hall–Kier alpha value is -1.45. The van der Waals surface area contributed by atoms with Gasteiger partial charge in [0.25, 0.3) is 0 Å². The summed E-state index contributed by atoms with van der Waals surface area (Å²) in [6.45, 7) is 0. The highest BCUT2D eigenvalue weighted by molar-refractivity contribution is 5.78. The molecule has 4 heteroatoms. The van der Waals surface area contributed by atoms with E-state index in [0.29, 0.717) is 11.0 Å². The van der Waals surface area contributed by atoms with Crippen LogP contribution in [0.2, 0.25) is 0 Å². The summed E-state index contributed by atoms with van der Waals surface area (Å²) in [5.41, 5.74) is 0.461. The first kappa shape index (κ1) is 9.12. The number of alkyl halides is 3. The van der Waals surface area contributed by atoms with Crippen molar-refractivity contribution in [1.29, 1.82) is 0 Å². The van der Waals surface area contributed by atoms with Crippen LogP contribution in [0.1, 0.15) is 5.76 Å². The van der Waals surface area contributed by atoms with Crippen molar-refractivity contribution in [2.45, 2.75) is 6.18 Å². The van der Waals surface area contributed by atoms with Gasteiger partial charge in [0.05, 0.1) is 0 Å². The van der Waals surface area contributed by atoms with Crippen molar-refractivity contribution in [3.63, 3.8) is 0 Å². The van der Waals surface area contributed by atoms with Crippen LogP contribution in [-0.2, 0) is 0 Å². The molecule has 0 aliphatic rings. The van der Waals surface area contributed by atoms with Crippen LogP contribution in [0.15, 0.2) is 34.7 Å². The van der Waals surface area contributed by atoms with Gasteiger partial charge >= 0.3 is 6.18 Å². The van der Waals surface area contributed by atoms with Gasteiger partial charge < -0.3 is 4.42 Å². The number of hydrogen-bond donors (Lipinski definition) is 0. The Morgan fingerprint density at radius 3 is 2.50 bits per heavy atom. The maximum atomic E-state index is 12.0. The summed E-state index contributed by atoms with van der Waals surface area (Å²) in [5, 5.41) is 0.669. The van der Waals surface area contributed by atoms with Gasteiger partial charge in [-0.2, -0.15) is 13.2 Å². The van der Waals surface area contributed by atoms with Gasteiger partial charge in [-0.3, -0.25) is 0 Å². The minimum Gasteiger partial charge on any atom is -0.460 e. The largest absolute Gasteiger partial charge is 0.460 e. The molecule has 1 heterocycles. The number of benzene rings is 1. The van der Waals surface area contributed by atoms with E-state index >= 15 is 0 Å². The van der Waals surface area contributed by atoms with Crippen molar-refractivity contribution in [3.05, 3.63) is 42.5 Å². The van der Waals surface area contributed by atoms with Crippen LogP contribution in [0.5, 0.6) is 0 Å². The molecule has 0 bridgehead atoms. The maximum Gasteiger partial charge on any atom is 0.399 e. The van der Waals surface area contributed by atoms with Crippen molar-refractivity contribution >= 4 is 11.0 Å². The fraction of sp³-hybridized carbons (Fsp3) is 0.100. The highest BCUT2D eigenvalue weighted by Crippen LogP contribution is 2.27. The fourth-order valence-electron chi connectivity index (χ4n) is 1.23. The zero-order valence-corrected chi connectivity index (χ0v) is 7.01. The molecule has 0 N–H and O–H groups in total. The third kappa shape index (κ3) is 1.89. The van der Waals surface area contributed by atoms with Crippen molar-refractivity contribution in [3.8, 4) is 0 Å². The molecule has 0 amide bonds. The molecule has 1 radical (unpaired) electrons. The molecule has 0 spiro atoms. The highest BCUT2D eigenvalue weighted by atomic mass is 19.4. The molecule has 0 saturated carbocycles. The average Bonchev–Trinajstić information content (AvgIpc) is 2.42. The van der Waals surface area contributed by atoms with E-state index in [-0.39, 0.29) is 12.2 Å². The summed E-state index contributed by atoms with van der Waals surface area (Å²) in [6, 6.07) is 8.15. The first-order chi connectivity index (χ1) is 6.54. The molecule has 1 aromatic heterocycles. The van der Waals surface area contributed by atoms with Crippen molar-refractivity contribution in [1.82, 2.24) is 0 Å². The summed E-state index contributed by atoms with van der Waals surface area (Å²) < 4.78 is 40.8. The van der Waals surface area contributed by atoms with Gasteiger partial charge in [-0.1, -0.05) is 18.2 Å². The predicted molar refractivity (Wildman–Crippen MR) is 45.7 cm³/mol. The molecule has 0 aliphatic carbocycles. The Labute approximate surface area is 78.1 Å². The molecule has 0 saturated heterocycles. The van der Waals surface area contributed by atoms with E-state index in [2.05, 4.69) is 0 Å². The molecular weight excluding hydrogens is 193 g/mol. The molecule has 2 rings (SSSR count). The summed E-state index contributed by atoms with van der Waals surface area (Å²) in [4.78, 5) is 0. The van der Waals surface area contributed by atoms with Crippen LogP contribution < -0.4 is 0 Å². The normalized spacial score (nSPS) is 12.2. The van der Waals surface area contributed by atoms with Crippen LogP contribution in [-0.4, -0.2) is 6.18 Å². The second-order valence-corrected chi connectivity index (χ2v) is 2.87. The number of furan rings is 1. The standard InChI is InChI=1S/C10H6F3O/c11-10(12,13)6-8-5-7-3-1-2-4-9(7)14-8/h1-6H. The summed E-state index contributed by atoms with van der Waals surface area (Å²) in [6.07, 6.45) is -4.19. The molecular formula is C10H6F3O. The van der Waals surface area contributed by atoms with Gasteiger partial charge in [0, 0.05) is 5.39 Å².